The second kappa shape index (κ2) is 7.53. The Kier molecular flexibility index (Phi) is 5.69. The van der Waals surface area contributed by atoms with Crippen molar-refractivity contribution in [3.05, 3.63) is 58.6 Å². The van der Waals surface area contributed by atoms with Crippen molar-refractivity contribution in [2.24, 2.45) is 5.73 Å². The average molecular weight is 349 g/mol. The molecule has 2 amide bonds. The second-order valence-corrected chi connectivity index (χ2v) is 7.26. The first-order chi connectivity index (χ1) is 10.9. The van der Waals surface area contributed by atoms with E-state index in [1.54, 1.807) is 30.0 Å². The molecule has 0 radical (unpaired) electrons. The van der Waals surface area contributed by atoms with Crippen LogP contribution in [0.3, 0.4) is 0 Å². The lowest BCUT2D eigenvalue weighted by molar-refractivity contribution is 0.0998. The maximum absolute atomic E-state index is 12.2. The molecular formula is C17H17ClN2O2S. The van der Waals surface area contributed by atoms with Gasteiger partial charge >= 0.3 is 0 Å². The van der Waals surface area contributed by atoms with Crippen LogP contribution < -0.4 is 11.1 Å². The maximum Gasteiger partial charge on any atom is 0.255 e. The van der Waals surface area contributed by atoms with E-state index >= 15 is 0 Å². The van der Waals surface area contributed by atoms with E-state index in [2.05, 4.69) is 19.2 Å². The van der Waals surface area contributed by atoms with Gasteiger partial charge in [0.15, 0.2) is 0 Å². The van der Waals surface area contributed by atoms with Gasteiger partial charge < -0.3 is 11.1 Å². The molecule has 2 aromatic carbocycles. The van der Waals surface area contributed by atoms with Crippen LogP contribution in [0.25, 0.3) is 0 Å². The molecule has 3 N–H and O–H groups in total. The summed E-state index contributed by atoms with van der Waals surface area (Å²) >= 11 is 7.70. The molecule has 23 heavy (non-hydrogen) atoms. The fourth-order valence-corrected chi connectivity index (χ4v) is 3.06. The fraction of sp³-hybridized carbons (Fsp3) is 0.176. The van der Waals surface area contributed by atoms with E-state index in [1.807, 2.05) is 12.1 Å². The SMILES string of the molecule is CC(C)Sc1ccc(C(=O)Nc2ccc(C(N)=O)c(Cl)c2)cc1. The van der Waals surface area contributed by atoms with E-state index < -0.39 is 5.91 Å². The average Bonchev–Trinajstić information content (AvgIpc) is 2.47. The predicted octanol–water partition coefficient (Wildman–Crippen LogP) is 4.19. The molecule has 0 aliphatic carbocycles. The number of thioether (sulfide) groups is 1. The number of primary amides is 1. The summed E-state index contributed by atoms with van der Waals surface area (Å²) in [6.07, 6.45) is 0. The Morgan fingerprint density at radius 3 is 2.30 bits per heavy atom. The third-order valence-electron chi connectivity index (χ3n) is 2.98. The summed E-state index contributed by atoms with van der Waals surface area (Å²) in [7, 11) is 0. The fourth-order valence-electron chi connectivity index (χ4n) is 1.95. The Morgan fingerprint density at radius 2 is 1.78 bits per heavy atom. The van der Waals surface area contributed by atoms with E-state index in [1.165, 1.54) is 12.1 Å². The molecule has 0 bridgehead atoms. The smallest absolute Gasteiger partial charge is 0.255 e. The zero-order chi connectivity index (χ0) is 17.0. The van der Waals surface area contributed by atoms with Crippen molar-refractivity contribution in [1.29, 1.82) is 0 Å². The van der Waals surface area contributed by atoms with E-state index in [9.17, 15) is 9.59 Å². The van der Waals surface area contributed by atoms with Gasteiger partial charge in [0.25, 0.3) is 5.91 Å². The number of nitrogens with two attached hydrogens (primary N) is 1. The quantitative estimate of drug-likeness (QED) is 0.796. The first kappa shape index (κ1) is 17.4. The first-order valence-electron chi connectivity index (χ1n) is 7.04. The highest BCUT2D eigenvalue weighted by molar-refractivity contribution is 7.99. The van der Waals surface area contributed by atoms with Crippen LogP contribution in [0.1, 0.15) is 34.6 Å². The van der Waals surface area contributed by atoms with Crippen LogP contribution >= 0.6 is 23.4 Å². The molecular weight excluding hydrogens is 332 g/mol. The van der Waals surface area contributed by atoms with E-state index in [0.717, 1.165) is 4.90 Å². The third-order valence-corrected chi connectivity index (χ3v) is 4.31. The lowest BCUT2D eigenvalue weighted by Crippen LogP contribution is -2.14. The number of rotatable bonds is 5. The van der Waals surface area contributed by atoms with Crippen LogP contribution in [-0.4, -0.2) is 17.1 Å². The number of hydrogen-bond donors (Lipinski definition) is 2. The molecule has 4 nitrogen and oxygen atoms in total. The van der Waals surface area contributed by atoms with Gasteiger partial charge in [-0.2, -0.15) is 0 Å². The number of amides is 2. The Hall–Kier alpha value is -1.98. The summed E-state index contributed by atoms with van der Waals surface area (Å²) in [5.74, 6) is -0.847. The molecule has 0 aliphatic heterocycles. The minimum Gasteiger partial charge on any atom is -0.366 e. The van der Waals surface area contributed by atoms with Gasteiger partial charge in [0.05, 0.1) is 10.6 Å². The van der Waals surface area contributed by atoms with Gasteiger partial charge in [-0.25, -0.2) is 0 Å². The van der Waals surface area contributed by atoms with Crippen LogP contribution in [0.2, 0.25) is 5.02 Å². The van der Waals surface area contributed by atoms with Crippen molar-refractivity contribution in [2.45, 2.75) is 24.0 Å². The van der Waals surface area contributed by atoms with E-state index in [0.29, 0.717) is 16.5 Å². The molecule has 0 unspecified atom stereocenters. The van der Waals surface area contributed by atoms with Crippen molar-refractivity contribution < 1.29 is 9.59 Å². The molecule has 6 heteroatoms. The third kappa shape index (κ3) is 4.74. The highest BCUT2D eigenvalue weighted by Gasteiger charge is 2.10. The summed E-state index contributed by atoms with van der Waals surface area (Å²) in [5.41, 5.74) is 6.47. The number of carbonyl (C=O) groups excluding carboxylic acids is 2. The molecule has 0 aromatic heterocycles. The number of nitrogens with one attached hydrogen (secondary N) is 1. The Bertz CT molecular complexity index is 730. The number of anilines is 1. The lowest BCUT2D eigenvalue weighted by atomic mass is 10.1. The highest BCUT2D eigenvalue weighted by Crippen LogP contribution is 2.24. The zero-order valence-corrected chi connectivity index (χ0v) is 14.4. The molecule has 0 aliphatic rings. The van der Waals surface area contributed by atoms with Gasteiger partial charge in [0.2, 0.25) is 5.91 Å². The minimum absolute atomic E-state index is 0.207. The molecule has 2 aromatic rings. The van der Waals surface area contributed by atoms with Crippen molar-refractivity contribution >= 4 is 40.9 Å². The topological polar surface area (TPSA) is 72.2 Å². The molecule has 120 valence electrons. The van der Waals surface area contributed by atoms with Crippen molar-refractivity contribution in [2.75, 3.05) is 5.32 Å². The summed E-state index contributed by atoms with van der Waals surface area (Å²) in [6, 6.07) is 12.0. The van der Waals surface area contributed by atoms with Crippen molar-refractivity contribution in [3.8, 4) is 0 Å². The zero-order valence-electron chi connectivity index (χ0n) is 12.8. The molecule has 2 rings (SSSR count). The largest absolute Gasteiger partial charge is 0.366 e. The van der Waals surface area contributed by atoms with Gasteiger partial charge in [0.1, 0.15) is 0 Å². The van der Waals surface area contributed by atoms with E-state index in [-0.39, 0.29) is 16.5 Å². The summed E-state index contributed by atoms with van der Waals surface area (Å²) in [4.78, 5) is 24.5. The number of hydrogen-bond acceptors (Lipinski definition) is 3. The minimum atomic E-state index is -0.605. The molecule has 0 fully saturated rings. The van der Waals surface area contributed by atoms with Crippen LogP contribution in [0.15, 0.2) is 47.4 Å². The normalized spacial score (nSPS) is 10.6. The number of halogens is 1. The van der Waals surface area contributed by atoms with Gasteiger partial charge in [-0.15, -0.1) is 11.8 Å². The summed E-state index contributed by atoms with van der Waals surface area (Å²) in [5, 5.41) is 3.44. The summed E-state index contributed by atoms with van der Waals surface area (Å²) < 4.78 is 0. The number of carbonyl (C=O) groups is 2. The van der Waals surface area contributed by atoms with Crippen molar-refractivity contribution in [3.63, 3.8) is 0 Å². The maximum atomic E-state index is 12.2. The Balaban J connectivity index is 2.09. The first-order valence-corrected chi connectivity index (χ1v) is 8.30. The lowest BCUT2D eigenvalue weighted by Gasteiger charge is -2.09. The van der Waals surface area contributed by atoms with Crippen LogP contribution in [0.4, 0.5) is 5.69 Å². The van der Waals surface area contributed by atoms with Gasteiger partial charge in [-0.3, -0.25) is 9.59 Å². The van der Waals surface area contributed by atoms with Crippen LogP contribution in [0.5, 0.6) is 0 Å². The summed E-state index contributed by atoms with van der Waals surface area (Å²) in [6.45, 7) is 4.23. The van der Waals surface area contributed by atoms with E-state index in [4.69, 9.17) is 17.3 Å². The molecule has 0 spiro atoms. The molecule has 0 atom stereocenters. The van der Waals surface area contributed by atoms with Gasteiger partial charge in [-0.05, 0) is 42.5 Å². The number of benzene rings is 2. The molecule has 0 saturated heterocycles. The van der Waals surface area contributed by atoms with Crippen molar-refractivity contribution in [1.82, 2.24) is 0 Å². The Morgan fingerprint density at radius 1 is 1.13 bits per heavy atom. The molecule has 0 saturated carbocycles. The monoisotopic (exact) mass is 348 g/mol. The van der Waals surface area contributed by atoms with Crippen LogP contribution in [-0.2, 0) is 0 Å². The molecule has 0 heterocycles. The standard InChI is InChI=1S/C17H17ClN2O2S/c1-10(2)23-13-6-3-11(4-7-13)17(22)20-12-5-8-14(16(19)21)15(18)9-12/h3-10H,1-2H3,(H2,19,21)(H,20,22). The Labute approximate surface area is 144 Å². The van der Waals surface area contributed by atoms with Gasteiger partial charge in [0, 0.05) is 21.4 Å². The highest BCUT2D eigenvalue weighted by atomic mass is 35.5. The second-order valence-electron chi connectivity index (χ2n) is 5.20. The predicted molar refractivity (Wildman–Crippen MR) is 95.4 cm³/mol. The van der Waals surface area contributed by atoms with Gasteiger partial charge in [-0.1, -0.05) is 25.4 Å². The van der Waals surface area contributed by atoms with Crippen LogP contribution in [0, 0.1) is 0 Å².